The summed E-state index contributed by atoms with van der Waals surface area (Å²) in [6.07, 6.45) is 1.96. The number of nitrogens with one attached hydrogen (secondary N) is 1. The number of hydrogen-bond acceptors (Lipinski definition) is 3. The van der Waals surface area contributed by atoms with Crippen molar-refractivity contribution in [3.8, 4) is 0 Å². The monoisotopic (exact) mass is 307 g/mol. The molecule has 0 aliphatic carbocycles. The first-order valence-corrected chi connectivity index (χ1v) is 7.79. The smallest absolute Gasteiger partial charge is 0.257 e. The van der Waals surface area contributed by atoms with Gasteiger partial charge in [-0.3, -0.25) is 4.79 Å². The number of anilines is 1. The maximum absolute atomic E-state index is 12.6. The molecule has 1 amide bonds. The lowest BCUT2D eigenvalue weighted by Crippen LogP contribution is -2.13. The van der Waals surface area contributed by atoms with Gasteiger partial charge in [-0.1, -0.05) is 12.1 Å². The number of rotatable bonds is 2. The van der Waals surface area contributed by atoms with Crippen LogP contribution in [0.2, 0.25) is 0 Å². The lowest BCUT2D eigenvalue weighted by atomic mass is 10.1. The fourth-order valence-corrected chi connectivity index (χ4v) is 3.33. The van der Waals surface area contributed by atoms with Crippen LogP contribution in [0.4, 0.5) is 5.69 Å². The van der Waals surface area contributed by atoms with Crippen molar-refractivity contribution >= 4 is 44.1 Å². The van der Waals surface area contributed by atoms with Crippen molar-refractivity contribution in [1.82, 2.24) is 9.55 Å². The molecule has 4 nitrogen and oxygen atoms in total. The number of nitrogens with zero attached hydrogens (tertiary/aromatic N) is 2. The molecule has 0 aliphatic heterocycles. The first kappa shape index (κ1) is 13.0. The molecule has 2 heterocycles. The van der Waals surface area contributed by atoms with E-state index in [1.165, 1.54) is 0 Å². The van der Waals surface area contributed by atoms with Gasteiger partial charge in [0, 0.05) is 24.3 Å². The van der Waals surface area contributed by atoms with Gasteiger partial charge in [0.05, 0.1) is 26.8 Å². The molecular weight excluding hydrogens is 294 g/mol. The number of aryl methyl sites for hydroxylation is 1. The zero-order valence-electron chi connectivity index (χ0n) is 11.9. The summed E-state index contributed by atoms with van der Waals surface area (Å²) in [5.41, 5.74) is 5.08. The van der Waals surface area contributed by atoms with E-state index in [0.717, 1.165) is 26.8 Å². The number of thiazole rings is 1. The predicted octanol–water partition coefficient (Wildman–Crippen LogP) is 4.04. The Balaban J connectivity index is 1.72. The fourth-order valence-electron chi connectivity index (χ4n) is 2.67. The molecule has 0 bridgehead atoms. The average Bonchev–Trinajstić information content (AvgIpc) is 3.13. The molecule has 4 rings (SSSR count). The van der Waals surface area contributed by atoms with Gasteiger partial charge in [0.25, 0.3) is 5.91 Å². The lowest BCUT2D eigenvalue weighted by molar-refractivity contribution is 0.102. The summed E-state index contributed by atoms with van der Waals surface area (Å²) in [7, 11) is 1.94. The fraction of sp³-hybridized carbons (Fsp3) is 0.0588. The summed E-state index contributed by atoms with van der Waals surface area (Å²) in [5.74, 6) is -0.109. The van der Waals surface area contributed by atoms with E-state index in [4.69, 9.17) is 0 Å². The van der Waals surface area contributed by atoms with Gasteiger partial charge in [-0.2, -0.15) is 0 Å². The van der Waals surface area contributed by atoms with Crippen molar-refractivity contribution in [1.29, 1.82) is 0 Å². The minimum atomic E-state index is -0.109. The number of carbonyl (C=O) groups is 1. The summed E-state index contributed by atoms with van der Waals surface area (Å²) in [6.45, 7) is 0. The Morgan fingerprint density at radius 2 is 2.14 bits per heavy atom. The predicted molar refractivity (Wildman–Crippen MR) is 90.5 cm³/mol. The van der Waals surface area contributed by atoms with E-state index in [0.29, 0.717) is 5.56 Å². The highest BCUT2D eigenvalue weighted by molar-refractivity contribution is 7.16. The molecule has 0 atom stereocenters. The second kappa shape index (κ2) is 4.96. The number of fused-ring (bicyclic) bond motifs is 2. The van der Waals surface area contributed by atoms with Crippen molar-refractivity contribution in [2.75, 3.05) is 5.32 Å². The van der Waals surface area contributed by atoms with Gasteiger partial charge in [0.15, 0.2) is 0 Å². The largest absolute Gasteiger partial charge is 0.350 e. The van der Waals surface area contributed by atoms with Crippen LogP contribution in [0.3, 0.4) is 0 Å². The molecule has 0 saturated carbocycles. The second-order valence-corrected chi connectivity index (χ2v) is 6.05. The van der Waals surface area contributed by atoms with Gasteiger partial charge in [-0.05, 0) is 30.3 Å². The highest BCUT2D eigenvalue weighted by atomic mass is 32.1. The van der Waals surface area contributed by atoms with E-state index in [1.54, 1.807) is 16.8 Å². The Labute approximate surface area is 131 Å². The summed E-state index contributed by atoms with van der Waals surface area (Å²) < 4.78 is 3.08. The molecule has 0 unspecified atom stereocenters. The third-order valence-corrected chi connectivity index (χ3v) is 4.54. The number of benzene rings is 2. The zero-order chi connectivity index (χ0) is 15.1. The number of carbonyl (C=O) groups excluding carboxylic acids is 1. The second-order valence-electron chi connectivity index (χ2n) is 5.16. The molecule has 0 saturated heterocycles. The molecule has 22 heavy (non-hydrogen) atoms. The standard InChI is InChI=1S/C17H13N3OS/c1-20-8-7-11-3-2-4-13(16(11)20)17(21)19-12-5-6-15-14(9-12)18-10-22-15/h2-10H,1H3,(H,19,21). The highest BCUT2D eigenvalue weighted by Crippen LogP contribution is 2.23. The lowest BCUT2D eigenvalue weighted by Gasteiger charge is -2.08. The van der Waals surface area contributed by atoms with Gasteiger partial charge in [-0.25, -0.2) is 4.98 Å². The van der Waals surface area contributed by atoms with Crippen LogP contribution >= 0.6 is 11.3 Å². The topological polar surface area (TPSA) is 46.9 Å². The van der Waals surface area contributed by atoms with Crippen molar-refractivity contribution < 1.29 is 4.79 Å². The van der Waals surface area contributed by atoms with Crippen LogP contribution in [0.5, 0.6) is 0 Å². The molecule has 0 aliphatic rings. The Morgan fingerprint density at radius 3 is 3.05 bits per heavy atom. The number of para-hydroxylation sites is 1. The minimum Gasteiger partial charge on any atom is -0.350 e. The first-order chi connectivity index (χ1) is 10.7. The van der Waals surface area contributed by atoms with Crippen molar-refractivity contribution in [3.63, 3.8) is 0 Å². The Bertz CT molecular complexity index is 999. The van der Waals surface area contributed by atoms with Crippen LogP contribution in [-0.4, -0.2) is 15.5 Å². The zero-order valence-corrected chi connectivity index (χ0v) is 12.7. The van der Waals surface area contributed by atoms with Gasteiger partial charge < -0.3 is 9.88 Å². The maximum Gasteiger partial charge on any atom is 0.257 e. The van der Waals surface area contributed by atoms with Crippen LogP contribution in [0.15, 0.2) is 54.2 Å². The van der Waals surface area contributed by atoms with E-state index in [2.05, 4.69) is 10.3 Å². The summed E-state index contributed by atoms with van der Waals surface area (Å²) in [4.78, 5) is 16.9. The van der Waals surface area contributed by atoms with Crippen LogP contribution in [0.25, 0.3) is 21.1 Å². The summed E-state index contributed by atoms with van der Waals surface area (Å²) in [5, 5.41) is 4.02. The summed E-state index contributed by atoms with van der Waals surface area (Å²) >= 11 is 1.59. The van der Waals surface area contributed by atoms with Gasteiger partial charge in [0.1, 0.15) is 0 Å². The third kappa shape index (κ3) is 2.07. The van der Waals surface area contributed by atoms with Gasteiger partial charge in [-0.15, -0.1) is 11.3 Å². The number of hydrogen-bond donors (Lipinski definition) is 1. The molecule has 108 valence electrons. The molecule has 5 heteroatoms. The Hall–Kier alpha value is -2.66. The maximum atomic E-state index is 12.6. The molecule has 0 spiro atoms. The third-order valence-electron chi connectivity index (χ3n) is 3.73. The SMILES string of the molecule is Cn1ccc2cccc(C(=O)Nc3ccc4scnc4c3)c21. The number of aromatic nitrogens is 2. The van der Waals surface area contributed by atoms with E-state index in [-0.39, 0.29) is 5.91 Å². The van der Waals surface area contributed by atoms with E-state index >= 15 is 0 Å². The summed E-state index contributed by atoms with van der Waals surface area (Å²) in [6, 6.07) is 13.5. The van der Waals surface area contributed by atoms with Crippen LogP contribution in [-0.2, 0) is 7.05 Å². The normalized spacial score (nSPS) is 11.1. The molecule has 2 aromatic carbocycles. The van der Waals surface area contributed by atoms with E-state index in [9.17, 15) is 4.79 Å². The number of amides is 1. The molecule has 0 fully saturated rings. The molecule has 1 N–H and O–H groups in total. The Kier molecular flexibility index (Phi) is 2.94. The van der Waals surface area contributed by atoms with Crippen LogP contribution in [0.1, 0.15) is 10.4 Å². The minimum absolute atomic E-state index is 0.109. The molecule has 4 aromatic rings. The quantitative estimate of drug-likeness (QED) is 0.607. The molecular formula is C17H13N3OS. The van der Waals surface area contributed by atoms with Gasteiger partial charge in [0.2, 0.25) is 0 Å². The van der Waals surface area contributed by atoms with Crippen LogP contribution < -0.4 is 5.32 Å². The van der Waals surface area contributed by atoms with Gasteiger partial charge >= 0.3 is 0 Å². The average molecular weight is 307 g/mol. The highest BCUT2D eigenvalue weighted by Gasteiger charge is 2.13. The van der Waals surface area contributed by atoms with Crippen molar-refractivity contribution in [2.45, 2.75) is 0 Å². The van der Waals surface area contributed by atoms with Crippen molar-refractivity contribution in [2.24, 2.45) is 7.05 Å². The van der Waals surface area contributed by atoms with Crippen LogP contribution in [0, 0.1) is 0 Å². The molecule has 0 radical (unpaired) electrons. The molecule has 2 aromatic heterocycles. The van der Waals surface area contributed by atoms with E-state index < -0.39 is 0 Å². The Morgan fingerprint density at radius 1 is 1.23 bits per heavy atom. The van der Waals surface area contributed by atoms with Crippen molar-refractivity contribution in [3.05, 3.63) is 59.7 Å². The first-order valence-electron chi connectivity index (χ1n) is 6.91. The van der Waals surface area contributed by atoms with E-state index in [1.807, 2.05) is 60.3 Å².